The van der Waals surface area contributed by atoms with Crippen LogP contribution >= 0.6 is 6.26 Å². The molecular formula is C11H16NO2PS. The molecule has 0 amide bonds. The van der Waals surface area contributed by atoms with Crippen LogP contribution in [0, 0.1) is 18.3 Å². The van der Waals surface area contributed by atoms with Crippen LogP contribution in [0.25, 0.3) is 0 Å². The van der Waals surface area contributed by atoms with Crippen LogP contribution in [0.1, 0.15) is 31.5 Å². The Balaban J connectivity index is 2.86. The Bertz CT molecular complexity index is 427. The Morgan fingerprint density at radius 3 is 2.50 bits per heavy atom. The van der Waals surface area contributed by atoms with E-state index >= 15 is 0 Å². The van der Waals surface area contributed by atoms with E-state index in [-0.39, 0.29) is 0 Å². The molecule has 0 aliphatic heterocycles. The molecule has 0 fully saturated rings. The fraction of sp³-hybridized carbons (Fsp3) is 0.545. The second-order valence-corrected chi connectivity index (χ2v) is 8.61. The summed E-state index contributed by atoms with van der Waals surface area (Å²) in [5.41, 5.74) is 0. The minimum Gasteiger partial charge on any atom is -0.462 e. The fourth-order valence-corrected chi connectivity index (χ4v) is 2.84. The second kappa shape index (κ2) is 5.63. The maximum Gasteiger partial charge on any atom is 0.206 e. The molecule has 3 nitrogen and oxygen atoms in total. The first-order chi connectivity index (χ1) is 7.54. The van der Waals surface area contributed by atoms with Gasteiger partial charge in [-0.1, -0.05) is 25.7 Å². The van der Waals surface area contributed by atoms with Crippen molar-refractivity contribution in [2.45, 2.75) is 26.9 Å². The molecule has 0 saturated carbocycles. The summed E-state index contributed by atoms with van der Waals surface area (Å²) in [4.78, 5) is 0. The predicted octanol–water partition coefficient (Wildman–Crippen LogP) is 3.60. The van der Waals surface area contributed by atoms with Gasteiger partial charge in [-0.3, -0.25) is 0 Å². The lowest BCUT2D eigenvalue weighted by atomic mass is 10.3. The summed E-state index contributed by atoms with van der Waals surface area (Å²) in [5, 5.41) is 9.08. The molecule has 0 aliphatic rings. The van der Waals surface area contributed by atoms with Crippen LogP contribution in [-0.2, 0) is 16.3 Å². The lowest BCUT2D eigenvalue weighted by molar-refractivity contribution is 0.250. The van der Waals surface area contributed by atoms with Gasteiger partial charge in [0.15, 0.2) is 0 Å². The number of furan rings is 1. The lowest BCUT2D eigenvalue weighted by Gasteiger charge is -2.21. The molecule has 1 atom stereocenters. The third-order valence-electron chi connectivity index (χ3n) is 2.40. The van der Waals surface area contributed by atoms with Crippen LogP contribution in [0.5, 0.6) is 0 Å². The van der Waals surface area contributed by atoms with E-state index in [1.54, 1.807) is 6.07 Å². The van der Waals surface area contributed by atoms with E-state index in [0.29, 0.717) is 5.76 Å². The summed E-state index contributed by atoms with van der Waals surface area (Å²) in [5.74, 6) is 1.33. The lowest BCUT2D eigenvalue weighted by Crippen LogP contribution is -2.02. The minimum absolute atomic E-state index is 0.552. The summed E-state index contributed by atoms with van der Waals surface area (Å²) < 4.78 is 11.2. The summed E-state index contributed by atoms with van der Waals surface area (Å²) >= 11 is 5.45. The molecule has 5 heteroatoms. The SMILES string of the molecule is CCP(=S)(CC)O[C@@H](C#N)c1ccc(C)o1. The van der Waals surface area contributed by atoms with Gasteiger partial charge in [-0.2, -0.15) is 5.26 Å². The van der Waals surface area contributed by atoms with E-state index in [2.05, 4.69) is 6.07 Å². The van der Waals surface area contributed by atoms with Crippen LogP contribution in [0.4, 0.5) is 0 Å². The Morgan fingerprint density at radius 2 is 2.12 bits per heavy atom. The first-order valence-corrected chi connectivity index (χ1v) is 8.36. The first kappa shape index (κ1) is 13.4. The van der Waals surface area contributed by atoms with Gasteiger partial charge >= 0.3 is 0 Å². The van der Waals surface area contributed by atoms with Crippen molar-refractivity contribution in [3.05, 3.63) is 23.7 Å². The largest absolute Gasteiger partial charge is 0.462 e. The number of rotatable bonds is 5. The monoisotopic (exact) mass is 257 g/mol. The van der Waals surface area contributed by atoms with Crippen LogP contribution in [0.3, 0.4) is 0 Å². The highest BCUT2D eigenvalue weighted by Crippen LogP contribution is 2.50. The van der Waals surface area contributed by atoms with Crippen molar-refractivity contribution in [3.63, 3.8) is 0 Å². The second-order valence-electron chi connectivity index (χ2n) is 3.51. The highest BCUT2D eigenvalue weighted by molar-refractivity contribution is 8.12. The molecule has 0 spiro atoms. The fourth-order valence-electron chi connectivity index (χ4n) is 1.30. The van der Waals surface area contributed by atoms with Crippen molar-refractivity contribution in [3.8, 4) is 6.07 Å². The van der Waals surface area contributed by atoms with Crippen molar-refractivity contribution in [2.24, 2.45) is 0 Å². The van der Waals surface area contributed by atoms with Crippen molar-refractivity contribution in [1.29, 1.82) is 5.26 Å². The van der Waals surface area contributed by atoms with Crippen LogP contribution < -0.4 is 0 Å². The van der Waals surface area contributed by atoms with E-state index in [4.69, 9.17) is 26.0 Å². The summed E-state index contributed by atoms with van der Waals surface area (Å²) in [7, 11) is 0. The average molecular weight is 257 g/mol. The third-order valence-corrected chi connectivity index (χ3v) is 6.73. The number of nitrogens with zero attached hydrogens (tertiary/aromatic N) is 1. The number of aryl methyl sites for hydroxylation is 1. The molecule has 1 heterocycles. The normalized spacial score (nSPS) is 13.4. The van der Waals surface area contributed by atoms with Gasteiger partial charge in [0.1, 0.15) is 17.6 Å². The molecule has 88 valence electrons. The molecule has 0 radical (unpaired) electrons. The zero-order valence-corrected chi connectivity index (χ0v) is 11.5. The smallest absolute Gasteiger partial charge is 0.206 e. The topological polar surface area (TPSA) is 46.2 Å². The number of hydrogen-bond acceptors (Lipinski definition) is 4. The highest BCUT2D eigenvalue weighted by Gasteiger charge is 2.23. The average Bonchev–Trinajstić information content (AvgIpc) is 2.72. The molecular weight excluding hydrogens is 241 g/mol. The third kappa shape index (κ3) is 3.18. The van der Waals surface area contributed by atoms with Crippen molar-refractivity contribution >= 4 is 18.1 Å². The van der Waals surface area contributed by atoms with Gasteiger partial charge in [0, 0.05) is 0 Å². The van der Waals surface area contributed by atoms with Crippen molar-refractivity contribution in [1.82, 2.24) is 0 Å². The molecule has 0 aromatic carbocycles. The molecule has 0 aliphatic carbocycles. The van der Waals surface area contributed by atoms with E-state index < -0.39 is 12.4 Å². The molecule has 1 rings (SSSR count). The quantitative estimate of drug-likeness (QED) is 0.756. The van der Waals surface area contributed by atoms with Crippen LogP contribution in [0.15, 0.2) is 16.5 Å². The van der Waals surface area contributed by atoms with Gasteiger partial charge in [-0.15, -0.1) is 0 Å². The number of nitriles is 1. The van der Waals surface area contributed by atoms with E-state index in [0.717, 1.165) is 18.1 Å². The maximum absolute atomic E-state index is 9.08. The summed E-state index contributed by atoms with van der Waals surface area (Å²) in [6.45, 7) is 5.85. The Kier molecular flexibility index (Phi) is 4.73. The van der Waals surface area contributed by atoms with Gasteiger partial charge < -0.3 is 8.94 Å². The zero-order valence-electron chi connectivity index (χ0n) is 9.77. The Labute approximate surface area is 101 Å². The Hall–Kier alpha value is -0.620. The van der Waals surface area contributed by atoms with Gasteiger partial charge in [0.2, 0.25) is 6.10 Å². The molecule has 1 aromatic rings. The molecule has 0 saturated heterocycles. The standard InChI is InChI=1S/C11H16NO2PS/c1-4-15(16,5-2)14-11(8-12)10-7-6-9(3)13-10/h6-7,11H,4-5H2,1-3H3/t11-/m0/s1. The molecule has 0 unspecified atom stereocenters. The van der Waals surface area contributed by atoms with Crippen LogP contribution in [0.2, 0.25) is 0 Å². The first-order valence-electron chi connectivity index (χ1n) is 5.27. The van der Waals surface area contributed by atoms with Crippen molar-refractivity contribution in [2.75, 3.05) is 12.3 Å². The summed E-state index contributed by atoms with van der Waals surface area (Å²) in [6, 6.07) is 5.70. The van der Waals surface area contributed by atoms with Crippen molar-refractivity contribution < 1.29 is 8.94 Å². The zero-order chi connectivity index (χ0) is 12.2. The van der Waals surface area contributed by atoms with Gasteiger partial charge in [0.25, 0.3) is 0 Å². The molecule has 16 heavy (non-hydrogen) atoms. The van der Waals surface area contributed by atoms with Crippen LogP contribution in [-0.4, -0.2) is 12.3 Å². The minimum atomic E-state index is -1.86. The summed E-state index contributed by atoms with van der Waals surface area (Å²) in [6.07, 6.45) is -0.922. The predicted molar refractivity (Wildman–Crippen MR) is 68.3 cm³/mol. The van der Waals surface area contributed by atoms with E-state index in [1.807, 2.05) is 26.8 Å². The molecule has 1 aromatic heterocycles. The number of hydrogen-bond donors (Lipinski definition) is 0. The van der Waals surface area contributed by atoms with E-state index in [1.165, 1.54) is 0 Å². The van der Waals surface area contributed by atoms with Gasteiger partial charge in [0.05, 0.1) is 6.26 Å². The molecule has 0 bridgehead atoms. The van der Waals surface area contributed by atoms with E-state index in [9.17, 15) is 0 Å². The Morgan fingerprint density at radius 1 is 1.50 bits per heavy atom. The van der Waals surface area contributed by atoms with Gasteiger partial charge in [-0.25, -0.2) is 0 Å². The molecule has 0 N–H and O–H groups in total. The maximum atomic E-state index is 9.08. The van der Waals surface area contributed by atoms with Gasteiger partial charge in [-0.05, 0) is 31.4 Å². The highest BCUT2D eigenvalue weighted by atomic mass is 32.4.